The van der Waals surface area contributed by atoms with Crippen LogP contribution in [-0.2, 0) is 22.5 Å². The molecule has 0 fully saturated rings. The van der Waals surface area contributed by atoms with Gasteiger partial charge in [0.25, 0.3) is 0 Å². The van der Waals surface area contributed by atoms with Crippen molar-refractivity contribution in [2.75, 3.05) is 26.5 Å². The van der Waals surface area contributed by atoms with Crippen LogP contribution in [-0.4, -0.2) is 58.0 Å². The Kier molecular flexibility index (Phi) is 7.13. The summed E-state index contributed by atoms with van der Waals surface area (Å²) in [5.41, 5.74) is 5.98. The second-order valence-corrected chi connectivity index (χ2v) is 6.72. The third kappa shape index (κ3) is 5.29. The van der Waals surface area contributed by atoms with Crippen molar-refractivity contribution >= 4 is 17.7 Å². The van der Waals surface area contributed by atoms with Crippen molar-refractivity contribution in [3.8, 4) is 0 Å². The molecule has 0 aliphatic heterocycles. The number of ether oxygens (including phenoxy) is 1. The van der Waals surface area contributed by atoms with E-state index < -0.39 is 6.04 Å². The van der Waals surface area contributed by atoms with Gasteiger partial charge in [-0.05, 0) is 20.1 Å². The molecule has 1 amide bonds. The first kappa shape index (κ1) is 17.9. The van der Waals surface area contributed by atoms with Crippen LogP contribution in [0.1, 0.15) is 19.7 Å². The van der Waals surface area contributed by atoms with Gasteiger partial charge in [0.1, 0.15) is 12.2 Å². The summed E-state index contributed by atoms with van der Waals surface area (Å²) >= 11 is 1.58. The van der Waals surface area contributed by atoms with Crippen LogP contribution < -0.4 is 11.1 Å². The van der Waals surface area contributed by atoms with E-state index in [0.717, 1.165) is 5.82 Å². The number of thioether (sulfide) groups is 1. The van der Waals surface area contributed by atoms with Crippen LogP contribution in [0, 0.1) is 0 Å². The molecule has 0 aromatic carbocycles. The van der Waals surface area contributed by atoms with Gasteiger partial charge in [0.2, 0.25) is 5.91 Å². The van der Waals surface area contributed by atoms with Crippen molar-refractivity contribution < 1.29 is 9.53 Å². The fourth-order valence-electron chi connectivity index (χ4n) is 1.70. The fraction of sp³-hybridized carbons (Fsp3) is 0.769. The number of hydrogen-bond donors (Lipinski definition) is 2. The highest BCUT2D eigenvalue weighted by molar-refractivity contribution is 8.00. The average molecular weight is 315 g/mol. The minimum absolute atomic E-state index is 0.141. The molecule has 1 heterocycles. The quantitative estimate of drug-likeness (QED) is 0.669. The number of hydrogen-bond acceptors (Lipinski definition) is 6. The molecule has 8 heteroatoms. The lowest BCUT2D eigenvalue weighted by Gasteiger charge is -2.28. The highest BCUT2D eigenvalue weighted by atomic mass is 32.2. The number of nitrogens with two attached hydrogens (primary N) is 1. The lowest BCUT2D eigenvalue weighted by molar-refractivity contribution is -0.122. The van der Waals surface area contributed by atoms with Gasteiger partial charge in [-0.3, -0.25) is 4.79 Å². The number of rotatable bonds is 9. The summed E-state index contributed by atoms with van der Waals surface area (Å²) in [6.45, 7) is 5.71. The molecule has 0 radical (unpaired) electrons. The van der Waals surface area contributed by atoms with Crippen LogP contribution in [0.15, 0.2) is 6.33 Å². The molecular formula is C13H25N5O2S. The van der Waals surface area contributed by atoms with Crippen LogP contribution in [0.25, 0.3) is 0 Å². The van der Waals surface area contributed by atoms with Gasteiger partial charge in [0, 0.05) is 31.4 Å². The van der Waals surface area contributed by atoms with Crippen molar-refractivity contribution in [2.24, 2.45) is 5.73 Å². The van der Waals surface area contributed by atoms with E-state index in [1.807, 2.05) is 24.7 Å². The minimum Gasteiger partial charge on any atom is -0.383 e. The van der Waals surface area contributed by atoms with Crippen LogP contribution in [0.2, 0.25) is 0 Å². The average Bonchev–Trinajstić information content (AvgIpc) is 2.91. The third-order valence-corrected chi connectivity index (χ3v) is 4.74. The van der Waals surface area contributed by atoms with Crippen molar-refractivity contribution in [3.05, 3.63) is 12.2 Å². The van der Waals surface area contributed by atoms with E-state index in [4.69, 9.17) is 10.5 Å². The highest BCUT2D eigenvalue weighted by Gasteiger charge is 2.30. The van der Waals surface area contributed by atoms with Crippen molar-refractivity contribution in [1.29, 1.82) is 0 Å². The summed E-state index contributed by atoms with van der Waals surface area (Å²) in [5, 5.41) is 10.8. The van der Waals surface area contributed by atoms with E-state index in [2.05, 4.69) is 15.5 Å². The SMILES string of the molecule is COCCn1cnnc1CCNC(=O)[C@@H](N)C(C)(C)SC. The summed E-state index contributed by atoms with van der Waals surface area (Å²) in [5.74, 6) is 0.683. The number of carbonyl (C=O) groups excluding carboxylic acids is 1. The van der Waals surface area contributed by atoms with E-state index in [1.54, 1.807) is 25.2 Å². The molecule has 0 spiro atoms. The normalized spacial score (nSPS) is 13.2. The molecule has 1 aromatic rings. The fourth-order valence-corrected chi connectivity index (χ4v) is 2.06. The zero-order chi connectivity index (χ0) is 15.9. The Morgan fingerprint density at radius 2 is 2.33 bits per heavy atom. The molecule has 0 bridgehead atoms. The van der Waals surface area contributed by atoms with E-state index >= 15 is 0 Å². The maximum Gasteiger partial charge on any atom is 0.238 e. The number of aromatic nitrogens is 3. The Morgan fingerprint density at radius 1 is 1.62 bits per heavy atom. The number of carbonyl (C=O) groups is 1. The predicted molar refractivity (Wildman–Crippen MR) is 84.2 cm³/mol. The van der Waals surface area contributed by atoms with Crippen LogP contribution in [0.3, 0.4) is 0 Å². The first-order valence-electron chi connectivity index (χ1n) is 6.86. The van der Waals surface area contributed by atoms with Crippen LogP contribution in [0.5, 0.6) is 0 Å². The van der Waals surface area contributed by atoms with E-state index in [0.29, 0.717) is 26.1 Å². The largest absolute Gasteiger partial charge is 0.383 e. The molecule has 3 N–H and O–H groups in total. The summed E-state index contributed by atoms with van der Waals surface area (Å²) in [6.07, 6.45) is 4.23. The van der Waals surface area contributed by atoms with Crippen LogP contribution in [0.4, 0.5) is 0 Å². The number of nitrogens with zero attached hydrogens (tertiary/aromatic N) is 3. The molecule has 120 valence electrons. The molecule has 0 saturated carbocycles. The van der Waals surface area contributed by atoms with Crippen LogP contribution >= 0.6 is 11.8 Å². The molecule has 7 nitrogen and oxygen atoms in total. The molecule has 0 aliphatic carbocycles. The second-order valence-electron chi connectivity index (χ2n) is 5.26. The highest BCUT2D eigenvalue weighted by Crippen LogP contribution is 2.24. The van der Waals surface area contributed by atoms with E-state index in [-0.39, 0.29) is 10.7 Å². The minimum atomic E-state index is -0.543. The third-order valence-electron chi connectivity index (χ3n) is 3.44. The summed E-state index contributed by atoms with van der Waals surface area (Å²) in [7, 11) is 1.65. The van der Waals surface area contributed by atoms with Crippen molar-refractivity contribution in [2.45, 2.75) is 37.6 Å². The van der Waals surface area contributed by atoms with E-state index in [1.165, 1.54) is 0 Å². The van der Waals surface area contributed by atoms with Crippen molar-refractivity contribution in [1.82, 2.24) is 20.1 Å². The summed E-state index contributed by atoms with van der Waals surface area (Å²) < 4.78 is 6.66. The molecule has 0 saturated heterocycles. The standard InChI is InChI=1S/C13H25N5O2S/c1-13(2,21-4)11(14)12(19)15-6-5-10-17-16-9-18(10)7-8-20-3/h9,11H,5-8,14H2,1-4H3,(H,15,19)/t11-/m1/s1. The van der Waals surface area contributed by atoms with Gasteiger partial charge >= 0.3 is 0 Å². The Morgan fingerprint density at radius 3 is 2.95 bits per heavy atom. The van der Waals surface area contributed by atoms with Gasteiger partial charge in [-0.15, -0.1) is 10.2 Å². The number of nitrogens with one attached hydrogen (secondary N) is 1. The maximum absolute atomic E-state index is 12.0. The van der Waals surface area contributed by atoms with Gasteiger partial charge in [-0.25, -0.2) is 0 Å². The van der Waals surface area contributed by atoms with Gasteiger partial charge in [0.15, 0.2) is 0 Å². The van der Waals surface area contributed by atoms with Crippen molar-refractivity contribution in [3.63, 3.8) is 0 Å². The Hall–Kier alpha value is -1.12. The molecule has 1 aromatic heterocycles. The molecule has 1 rings (SSSR count). The summed E-state index contributed by atoms with van der Waals surface area (Å²) in [6, 6.07) is -0.543. The molecule has 0 aliphatic rings. The smallest absolute Gasteiger partial charge is 0.238 e. The monoisotopic (exact) mass is 315 g/mol. The Balaban J connectivity index is 2.43. The molecule has 1 atom stereocenters. The van der Waals surface area contributed by atoms with Gasteiger partial charge in [0.05, 0.1) is 12.6 Å². The van der Waals surface area contributed by atoms with Gasteiger partial charge in [-0.2, -0.15) is 11.8 Å². The number of methoxy groups -OCH3 is 1. The van der Waals surface area contributed by atoms with Gasteiger partial charge in [-0.1, -0.05) is 0 Å². The predicted octanol–water partition coefficient (Wildman–Crippen LogP) is 0.0521. The topological polar surface area (TPSA) is 95.1 Å². The molecule has 21 heavy (non-hydrogen) atoms. The maximum atomic E-state index is 12.0. The lowest BCUT2D eigenvalue weighted by Crippen LogP contribution is -2.52. The molecule has 0 unspecified atom stereocenters. The first-order chi connectivity index (χ1) is 9.92. The Bertz CT molecular complexity index is 450. The van der Waals surface area contributed by atoms with Gasteiger partial charge < -0.3 is 20.4 Å². The zero-order valence-corrected chi connectivity index (χ0v) is 13.9. The lowest BCUT2D eigenvalue weighted by atomic mass is 10.0. The molecular weight excluding hydrogens is 290 g/mol. The summed E-state index contributed by atoms with van der Waals surface area (Å²) in [4.78, 5) is 12.0. The zero-order valence-electron chi connectivity index (χ0n) is 13.1. The Labute approximate surface area is 130 Å². The number of amides is 1. The second kappa shape index (κ2) is 8.35. The van der Waals surface area contributed by atoms with E-state index in [9.17, 15) is 4.79 Å². The first-order valence-corrected chi connectivity index (χ1v) is 8.09.